The van der Waals surface area contributed by atoms with Crippen LogP contribution in [0.1, 0.15) is 31.4 Å². The molecule has 3 rings (SSSR count). The number of hydrogen-bond donors (Lipinski definition) is 1. The lowest BCUT2D eigenvalue weighted by atomic mass is 10.1. The average Bonchev–Trinajstić information content (AvgIpc) is 3.08. The van der Waals surface area contributed by atoms with E-state index < -0.39 is 10.0 Å². The van der Waals surface area contributed by atoms with Crippen LogP contribution < -0.4 is 14.3 Å². The van der Waals surface area contributed by atoms with E-state index in [4.69, 9.17) is 9.47 Å². The van der Waals surface area contributed by atoms with Gasteiger partial charge in [0.25, 0.3) is 10.0 Å². The van der Waals surface area contributed by atoms with Gasteiger partial charge in [-0.05, 0) is 49.2 Å². The van der Waals surface area contributed by atoms with Crippen molar-refractivity contribution in [2.24, 2.45) is 5.10 Å². The maximum Gasteiger partial charge on any atom is 0.276 e. The SMILES string of the molecule is CCCc1ccc(S(=O)(=O)NN=C(C)c2ccc3c(c2)OCO3)cc1. The number of hydrazone groups is 1. The largest absolute Gasteiger partial charge is 0.454 e. The molecule has 0 spiro atoms. The highest BCUT2D eigenvalue weighted by molar-refractivity contribution is 7.89. The van der Waals surface area contributed by atoms with E-state index in [9.17, 15) is 8.42 Å². The third-order valence-corrected chi connectivity index (χ3v) is 5.12. The maximum atomic E-state index is 12.4. The van der Waals surface area contributed by atoms with Crippen LogP contribution in [0.25, 0.3) is 0 Å². The minimum atomic E-state index is -3.70. The van der Waals surface area contributed by atoms with E-state index in [1.165, 1.54) is 0 Å². The number of nitrogens with zero attached hydrogens (tertiary/aromatic N) is 1. The van der Waals surface area contributed by atoms with Crippen molar-refractivity contribution in [1.29, 1.82) is 0 Å². The summed E-state index contributed by atoms with van der Waals surface area (Å²) in [7, 11) is -3.70. The van der Waals surface area contributed by atoms with Gasteiger partial charge < -0.3 is 9.47 Å². The first-order chi connectivity index (χ1) is 12.0. The van der Waals surface area contributed by atoms with Crippen LogP contribution in [0.3, 0.4) is 0 Å². The molecule has 25 heavy (non-hydrogen) atoms. The molecular formula is C18H20N2O4S. The van der Waals surface area contributed by atoms with Crippen LogP contribution in [0.15, 0.2) is 52.5 Å². The molecule has 0 fully saturated rings. The van der Waals surface area contributed by atoms with Crippen molar-refractivity contribution >= 4 is 15.7 Å². The van der Waals surface area contributed by atoms with Crippen LogP contribution in [0.5, 0.6) is 11.5 Å². The monoisotopic (exact) mass is 360 g/mol. The van der Waals surface area contributed by atoms with Gasteiger partial charge >= 0.3 is 0 Å². The third kappa shape index (κ3) is 3.93. The second-order valence-corrected chi connectivity index (χ2v) is 7.41. The number of ether oxygens (including phenoxy) is 2. The summed E-state index contributed by atoms with van der Waals surface area (Å²) < 4.78 is 35.3. The molecule has 0 aromatic heterocycles. The molecule has 0 aliphatic carbocycles. The summed E-state index contributed by atoms with van der Waals surface area (Å²) in [6.45, 7) is 4.00. The minimum Gasteiger partial charge on any atom is -0.454 e. The topological polar surface area (TPSA) is 77.0 Å². The normalized spacial score (nSPS) is 13.8. The lowest BCUT2D eigenvalue weighted by Crippen LogP contribution is -2.20. The van der Waals surface area contributed by atoms with Gasteiger partial charge in [-0.3, -0.25) is 0 Å². The van der Waals surface area contributed by atoms with Crippen molar-refractivity contribution < 1.29 is 17.9 Å². The van der Waals surface area contributed by atoms with Gasteiger partial charge in [-0.15, -0.1) is 0 Å². The Morgan fingerprint density at radius 1 is 1.12 bits per heavy atom. The zero-order valence-electron chi connectivity index (χ0n) is 14.2. The fraction of sp³-hybridized carbons (Fsp3) is 0.278. The average molecular weight is 360 g/mol. The molecular weight excluding hydrogens is 340 g/mol. The van der Waals surface area contributed by atoms with Gasteiger partial charge in [0, 0.05) is 5.56 Å². The fourth-order valence-electron chi connectivity index (χ4n) is 2.49. The summed E-state index contributed by atoms with van der Waals surface area (Å²) >= 11 is 0. The molecule has 0 bridgehead atoms. The van der Waals surface area contributed by atoms with Crippen LogP contribution in [-0.2, 0) is 16.4 Å². The Balaban J connectivity index is 1.75. The van der Waals surface area contributed by atoms with Crippen LogP contribution in [-0.4, -0.2) is 20.9 Å². The van der Waals surface area contributed by atoms with E-state index in [1.807, 2.05) is 12.1 Å². The molecule has 0 saturated heterocycles. The first kappa shape index (κ1) is 17.3. The van der Waals surface area contributed by atoms with Crippen molar-refractivity contribution in [3.8, 4) is 11.5 Å². The van der Waals surface area contributed by atoms with E-state index in [0.717, 1.165) is 24.0 Å². The summed E-state index contributed by atoms with van der Waals surface area (Å²) in [5.74, 6) is 1.30. The van der Waals surface area contributed by atoms with Crippen molar-refractivity contribution in [2.45, 2.75) is 31.6 Å². The number of fused-ring (bicyclic) bond motifs is 1. The summed E-state index contributed by atoms with van der Waals surface area (Å²) in [4.78, 5) is 2.47. The number of hydrogen-bond acceptors (Lipinski definition) is 5. The van der Waals surface area contributed by atoms with Crippen LogP contribution >= 0.6 is 0 Å². The Hall–Kier alpha value is -2.54. The van der Waals surface area contributed by atoms with Crippen molar-refractivity contribution in [3.63, 3.8) is 0 Å². The molecule has 2 aromatic rings. The van der Waals surface area contributed by atoms with Gasteiger partial charge in [-0.2, -0.15) is 18.4 Å². The lowest BCUT2D eigenvalue weighted by molar-refractivity contribution is 0.174. The first-order valence-electron chi connectivity index (χ1n) is 8.04. The first-order valence-corrected chi connectivity index (χ1v) is 9.53. The lowest BCUT2D eigenvalue weighted by Gasteiger charge is -2.07. The Labute approximate surface area is 147 Å². The Kier molecular flexibility index (Phi) is 4.94. The fourth-order valence-corrected chi connectivity index (χ4v) is 3.35. The van der Waals surface area contributed by atoms with Gasteiger partial charge in [-0.1, -0.05) is 25.5 Å². The molecule has 1 N–H and O–H groups in total. The number of benzene rings is 2. The molecule has 0 amide bonds. The van der Waals surface area contributed by atoms with E-state index >= 15 is 0 Å². The van der Waals surface area contributed by atoms with Gasteiger partial charge in [0.15, 0.2) is 11.5 Å². The molecule has 1 aliphatic rings. The minimum absolute atomic E-state index is 0.189. The third-order valence-electron chi connectivity index (χ3n) is 3.90. The van der Waals surface area contributed by atoms with Crippen LogP contribution in [0, 0.1) is 0 Å². The quantitative estimate of drug-likeness (QED) is 0.634. The molecule has 2 aromatic carbocycles. The van der Waals surface area contributed by atoms with Crippen LogP contribution in [0.4, 0.5) is 0 Å². The highest BCUT2D eigenvalue weighted by Gasteiger charge is 2.15. The van der Waals surface area contributed by atoms with Crippen LogP contribution in [0.2, 0.25) is 0 Å². The zero-order chi connectivity index (χ0) is 17.9. The zero-order valence-corrected chi connectivity index (χ0v) is 15.0. The van der Waals surface area contributed by atoms with Crippen molar-refractivity contribution in [2.75, 3.05) is 6.79 Å². The van der Waals surface area contributed by atoms with E-state index in [-0.39, 0.29) is 11.7 Å². The summed E-state index contributed by atoms with van der Waals surface area (Å²) in [6.07, 6.45) is 1.94. The Bertz CT molecular complexity index is 890. The molecule has 6 nitrogen and oxygen atoms in total. The smallest absolute Gasteiger partial charge is 0.276 e. The van der Waals surface area contributed by atoms with Gasteiger partial charge in [0.1, 0.15) is 0 Å². The summed E-state index contributed by atoms with van der Waals surface area (Å²) in [5.41, 5.74) is 2.40. The second kappa shape index (κ2) is 7.14. The number of aryl methyl sites for hydroxylation is 1. The number of sulfonamides is 1. The molecule has 1 heterocycles. The molecule has 0 radical (unpaired) electrons. The predicted molar refractivity (Wildman–Crippen MR) is 95.5 cm³/mol. The number of rotatable bonds is 6. The molecule has 1 aliphatic heterocycles. The highest BCUT2D eigenvalue weighted by Crippen LogP contribution is 2.32. The van der Waals surface area contributed by atoms with Gasteiger partial charge in [0.05, 0.1) is 10.6 Å². The van der Waals surface area contributed by atoms with Crippen molar-refractivity contribution in [3.05, 3.63) is 53.6 Å². The van der Waals surface area contributed by atoms with E-state index in [0.29, 0.717) is 17.2 Å². The molecule has 132 valence electrons. The van der Waals surface area contributed by atoms with E-state index in [1.54, 1.807) is 37.3 Å². The molecule has 0 saturated carbocycles. The maximum absolute atomic E-state index is 12.4. The summed E-state index contributed by atoms with van der Waals surface area (Å²) in [6, 6.07) is 12.2. The van der Waals surface area contributed by atoms with Crippen molar-refractivity contribution in [1.82, 2.24) is 4.83 Å². The molecule has 7 heteroatoms. The highest BCUT2D eigenvalue weighted by atomic mass is 32.2. The van der Waals surface area contributed by atoms with Gasteiger partial charge in [-0.25, -0.2) is 0 Å². The molecule has 0 atom stereocenters. The molecule has 0 unspecified atom stereocenters. The van der Waals surface area contributed by atoms with Gasteiger partial charge in [0.2, 0.25) is 6.79 Å². The van der Waals surface area contributed by atoms with E-state index in [2.05, 4.69) is 16.9 Å². The standard InChI is InChI=1S/C18H20N2O4S/c1-3-4-14-5-8-16(9-6-14)25(21,22)20-19-13(2)15-7-10-17-18(11-15)24-12-23-17/h5-11,20H,3-4,12H2,1-2H3. The Morgan fingerprint density at radius 3 is 2.56 bits per heavy atom. The predicted octanol–water partition coefficient (Wildman–Crippen LogP) is 3.07. The second-order valence-electron chi connectivity index (χ2n) is 5.75. The Morgan fingerprint density at radius 2 is 1.84 bits per heavy atom. The number of nitrogens with one attached hydrogen (secondary N) is 1. The summed E-state index contributed by atoms with van der Waals surface area (Å²) in [5, 5.41) is 4.01.